The van der Waals surface area contributed by atoms with Gasteiger partial charge in [-0.2, -0.15) is 0 Å². The van der Waals surface area contributed by atoms with Crippen LogP contribution in [0.5, 0.6) is 11.5 Å². The SMILES string of the molecule is COc1cc(C=O)ccc1OC(=O)CCCC(=O)OC1CCCCC1. The first-order valence-corrected chi connectivity index (χ1v) is 8.65. The van der Waals surface area contributed by atoms with Gasteiger partial charge in [-0.25, -0.2) is 0 Å². The number of benzene rings is 1. The fourth-order valence-electron chi connectivity index (χ4n) is 2.82. The van der Waals surface area contributed by atoms with E-state index < -0.39 is 5.97 Å². The van der Waals surface area contributed by atoms with Crippen molar-refractivity contribution >= 4 is 18.2 Å². The fraction of sp³-hybridized carbons (Fsp3) is 0.526. The van der Waals surface area contributed by atoms with Crippen LogP contribution in [-0.2, 0) is 14.3 Å². The lowest BCUT2D eigenvalue weighted by molar-refractivity contribution is -0.150. The molecule has 6 heteroatoms. The number of methoxy groups -OCH3 is 1. The summed E-state index contributed by atoms with van der Waals surface area (Å²) >= 11 is 0. The van der Waals surface area contributed by atoms with Crippen LogP contribution in [0.3, 0.4) is 0 Å². The molecule has 0 heterocycles. The van der Waals surface area contributed by atoms with Crippen molar-refractivity contribution in [2.24, 2.45) is 0 Å². The highest BCUT2D eigenvalue weighted by Crippen LogP contribution is 2.28. The first kappa shape index (κ1) is 19.0. The number of hydrogen-bond acceptors (Lipinski definition) is 6. The zero-order valence-corrected chi connectivity index (χ0v) is 14.5. The van der Waals surface area contributed by atoms with Crippen molar-refractivity contribution in [1.82, 2.24) is 0 Å². The predicted octanol–water partition coefficient (Wildman–Crippen LogP) is 3.46. The van der Waals surface area contributed by atoms with E-state index in [1.807, 2.05) is 0 Å². The van der Waals surface area contributed by atoms with Crippen LogP contribution in [0, 0.1) is 0 Å². The van der Waals surface area contributed by atoms with Gasteiger partial charge < -0.3 is 14.2 Å². The molecule has 0 N–H and O–H groups in total. The largest absolute Gasteiger partial charge is 0.493 e. The Morgan fingerprint density at radius 3 is 2.48 bits per heavy atom. The summed E-state index contributed by atoms with van der Waals surface area (Å²) in [6.07, 6.45) is 6.69. The van der Waals surface area contributed by atoms with Crippen molar-refractivity contribution in [1.29, 1.82) is 0 Å². The Balaban J connectivity index is 1.73. The second-order valence-electron chi connectivity index (χ2n) is 6.11. The molecule has 0 aliphatic heterocycles. The number of aldehydes is 1. The molecular formula is C19H24O6. The quantitative estimate of drug-likeness (QED) is 0.407. The summed E-state index contributed by atoms with van der Waals surface area (Å²) in [5.74, 6) is -0.146. The molecule has 0 aromatic heterocycles. The molecule has 25 heavy (non-hydrogen) atoms. The minimum atomic E-state index is -0.456. The molecule has 1 aromatic carbocycles. The van der Waals surface area contributed by atoms with Crippen molar-refractivity contribution in [2.45, 2.75) is 57.5 Å². The molecule has 2 rings (SSSR count). The molecule has 1 fully saturated rings. The molecular weight excluding hydrogens is 324 g/mol. The van der Waals surface area contributed by atoms with Crippen LogP contribution < -0.4 is 9.47 Å². The summed E-state index contributed by atoms with van der Waals surface area (Å²) in [6, 6.07) is 4.55. The minimum absolute atomic E-state index is 0.0359. The van der Waals surface area contributed by atoms with Gasteiger partial charge in [0.2, 0.25) is 0 Å². The second kappa shape index (κ2) is 9.81. The highest BCUT2D eigenvalue weighted by Gasteiger charge is 2.18. The minimum Gasteiger partial charge on any atom is -0.493 e. The van der Waals surface area contributed by atoms with Crippen LogP contribution in [0.1, 0.15) is 61.7 Å². The summed E-state index contributed by atoms with van der Waals surface area (Å²) in [5.41, 5.74) is 0.433. The first-order valence-electron chi connectivity index (χ1n) is 8.65. The smallest absolute Gasteiger partial charge is 0.311 e. The monoisotopic (exact) mass is 348 g/mol. The zero-order valence-electron chi connectivity index (χ0n) is 14.5. The average Bonchev–Trinajstić information content (AvgIpc) is 2.62. The van der Waals surface area contributed by atoms with Crippen LogP contribution >= 0.6 is 0 Å². The van der Waals surface area contributed by atoms with E-state index in [0.717, 1.165) is 25.7 Å². The lowest BCUT2D eigenvalue weighted by Crippen LogP contribution is -2.21. The van der Waals surface area contributed by atoms with Crippen LogP contribution in [0.25, 0.3) is 0 Å². The maximum absolute atomic E-state index is 11.9. The summed E-state index contributed by atoms with van der Waals surface area (Å²) in [6.45, 7) is 0. The number of rotatable bonds is 8. The molecule has 1 aliphatic carbocycles. The van der Waals surface area contributed by atoms with E-state index in [1.54, 1.807) is 6.07 Å². The second-order valence-corrected chi connectivity index (χ2v) is 6.11. The highest BCUT2D eigenvalue weighted by molar-refractivity contribution is 5.78. The van der Waals surface area contributed by atoms with E-state index in [0.29, 0.717) is 24.0 Å². The third-order valence-corrected chi connectivity index (χ3v) is 4.16. The lowest BCUT2D eigenvalue weighted by atomic mass is 9.98. The number of hydrogen-bond donors (Lipinski definition) is 0. The number of carbonyl (C=O) groups excluding carboxylic acids is 3. The molecule has 0 saturated heterocycles. The van der Waals surface area contributed by atoms with Gasteiger partial charge in [0.25, 0.3) is 0 Å². The van der Waals surface area contributed by atoms with Gasteiger partial charge in [0, 0.05) is 18.4 Å². The standard InChI is InChI=1S/C19H24O6/c1-23-17-12-14(13-20)10-11-16(17)25-19(22)9-5-8-18(21)24-15-6-3-2-4-7-15/h10-13,15H,2-9H2,1H3. The normalized spacial score (nSPS) is 14.6. The molecule has 1 aliphatic rings. The number of ether oxygens (including phenoxy) is 3. The predicted molar refractivity (Wildman–Crippen MR) is 90.8 cm³/mol. The zero-order chi connectivity index (χ0) is 18.1. The third-order valence-electron chi connectivity index (χ3n) is 4.16. The molecule has 0 spiro atoms. The van der Waals surface area contributed by atoms with E-state index in [9.17, 15) is 14.4 Å². The summed E-state index contributed by atoms with van der Waals surface area (Å²) < 4.78 is 15.8. The van der Waals surface area contributed by atoms with Gasteiger partial charge in [-0.05, 0) is 50.3 Å². The van der Waals surface area contributed by atoms with E-state index in [-0.39, 0.29) is 30.7 Å². The van der Waals surface area contributed by atoms with E-state index >= 15 is 0 Å². The van der Waals surface area contributed by atoms with Gasteiger partial charge in [0.15, 0.2) is 11.5 Å². The van der Waals surface area contributed by atoms with Gasteiger partial charge in [-0.1, -0.05) is 6.42 Å². The Morgan fingerprint density at radius 1 is 1.08 bits per heavy atom. The summed E-state index contributed by atoms with van der Waals surface area (Å²) in [7, 11) is 1.43. The van der Waals surface area contributed by atoms with Gasteiger partial charge in [0.05, 0.1) is 7.11 Å². The van der Waals surface area contributed by atoms with Gasteiger partial charge in [-0.3, -0.25) is 14.4 Å². The molecule has 136 valence electrons. The third kappa shape index (κ3) is 6.21. The van der Waals surface area contributed by atoms with Crippen molar-refractivity contribution in [3.63, 3.8) is 0 Å². The highest BCUT2D eigenvalue weighted by atomic mass is 16.6. The maximum atomic E-state index is 11.9. The number of carbonyl (C=O) groups is 3. The van der Waals surface area contributed by atoms with Crippen molar-refractivity contribution < 1.29 is 28.6 Å². The van der Waals surface area contributed by atoms with Crippen LogP contribution in [0.15, 0.2) is 18.2 Å². The van der Waals surface area contributed by atoms with Crippen LogP contribution in [0.4, 0.5) is 0 Å². The van der Waals surface area contributed by atoms with Crippen molar-refractivity contribution in [3.8, 4) is 11.5 Å². The van der Waals surface area contributed by atoms with Crippen LogP contribution in [0.2, 0.25) is 0 Å². The van der Waals surface area contributed by atoms with E-state index in [2.05, 4.69) is 0 Å². The Labute approximate surface area is 147 Å². The average molecular weight is 348 g/mol. The Morgan fingerprint density at radius 2 is 1.80 bits per heavy atom. The Bertz CT molecular complexity index is 604. The molecule has 0 amide bonds. The molecule has 6 nitrogen and oxygen atoms in total. The Kier molecular flexibility index (Phi) is 7.44. The fourth-order valence-corrected chi connectivity index (χ4v) is 2.82. The number of esters is 2. The lowest BCUT2D eigenvalue weighted by Gasteiger charge is -2.21. The van der Waals surface area contributed by atoms with Gasteiger partial charge in [0.1, 0.15) is 12.4 Å². The topological polar surface area (TPSA) is 78.9 Å². The summed E-state index contributed by atoms with van der Waals surface area (Å²) in [5, 5.41) is 0. The van der Waals surface area contributed by atoms with Crippen LogP contribution in [-0.4, -0.2) is 31.4 Å². The molecule has 0 unspecified atom stereocenters. The summed E-state index contributed by atoms with van der Waals surface area (Å²) in [4.78, 5) is 34.5. The van der Waals surface area contributed by atoms with Crippen molar-refractivity contribution in [2.75, 3.05) is 7.11 Å². The van der Waals surface area contributed by atoms with E-state index in [1.165, 1.54) is 25.7 Å². The van der Waals surface area contributed by atoms with Crippen molar-refractivity contribution in [3.05, 3.63) is 23.8 Å². The Hall–Kier alpha value is -2.37. The molecule has 1 aromatic rings. The molecule has 0 atom stereocenters. The molecule has 1 saturated carbocycles. The maximum Gasteiger partial charge on any atom is 0.311 e. The van der Waals surface area contributed by atoms with Gasteiger partial charge in [-0.15, -0.1) is 0 Å². The van der Waals surface area contributed by atoms with Gasteiger partial charge >= 0.3 is 11.9 Å². The first-order chi connectivity index (χ1) is 12.1. The molecule has 0 bridgehead atoms. The molecule has 0 radical (unpaired) electrons. The van der Waals surface area contributed by atoms with E-state index in [4.69, 9.17) is 14.2 Å².